The number of benzene rings is 1. The van der Waals surface area contributed by atoms with Gasteiger partial charge in [-0.25, -0.2) is 0 Å². The summed E-state index contributed by atoms with van der Waals surface area (Å²) >= 11 is 0. The van der Waals surface area contributed by atoms with Crippen LogP contribution in [0, 0.1) is 0 Å². The highest BCUT2D eigenvalue weighted by atomic mass is 35.5. The van der Waals surface area contributed by atoms with E-state index in [1.54, 1.807) is 6.20 Å². The molecule has 0 spiro atoms. The van der Waals surface area contributed by atoms with Gasteiger partial charge in [0.15, 0.2) is 0 Å². The number of aromatic nitrogens is 1. The first-order valence-corrected chi connectivity index (χ1v) is 8.90. The van der Waals surface area contributed by atoms with Crippen molar-refractivity contribution in [2.45, 2.75) is 25.4 Å². The zero-order valence-electron chi connectivity index (χ0n) is 15.6. The molecular weight excluding hydrogens is 383 g/mol. The van der Waals surface area contributed by atoms with Gasteiger partial charge in [0.1, 0.15) is 0 Å². The number of likely N-dealkylation sites (tertiary alicyclic amines) is 1. The van der Waals surface area contributed by atoms with Gasteiger partial charge in [0.05, 0.1) is 6.54 Å². The highest BCUT2D eigenvalue weighted by Gasteiger charge is 2.23. The van der Waals surface area contributed by atoms with Gasteiger partial charge in [-0.1, -0.05) is 24.3 Å². The van der Waals surface area contributed by atoms with Crippen LogP contribution in [-0.2, 0) is 11.3 Å². The Morgan fingerprint density at radius 3 is 2.44 bits per heavy atom. The van der Waals surface area contributed by atoms with E-state index in [4.69, 9.17) is 0 Å². The number of nitrogens with one attached hydrogen (secondary N) is 1. The van der Waals surface area contributed by atoms with E-state index >= 15 is 0 Å². The molecule has 2 aromatic rings. The number of pyridine rings is 1. The van der Waals surface area contributed by atoms with Crippen LogP contribution in [0.4, 0.5) is 5.69 Å². The summed E-state index contributed by atoms with van der Waals surface area (Å²) in [4.78, 5) is 21.1. The van der Waals surface area contributed by atoms with E-state index in [1.807, 2.05) is 48.5 Å². The first-order chi connectivity index (χ1) is 12.3. The molecule has 1 saturated heterocycles. The Bertz CT molecular complexity index is 664. The topological polar surface area (TPSA) is 48.5 Å². The van der Waals surface area contributed by atoms with Gasteiger partial charge in [-0.3, -0.25) is 9.78 Å². The van der Waals surface area contributed by atoms with Gasteiger partial charge >= 0.3 is 0 Å². The Morgan fingerprint density at radius 1 is 1.15 bits per heavy atom. The number of halogens is 2. The third kappa shape index (κ3) is 6.69. The number of anilines is 1. The van der Waals surface area contributed by atoms with Gasteiger partial charge in [0.2, 0.25) is 5.91 Å². The number of rotatable bonds is 6. The molecule has 0 aliphatic carbocycles. The summed E-state index contributed by atoms with van der Waals surface area (Å²) in [5.74, 6) is 0.197. The number of nitrogens with zero attached hydrogens (tertiary/aromatic N) is 3. The molecular formula is C20H28Cl2N4O. The number of carbonyl (C=O) groups is 1. The van der Waals surface area contributed by atoms with Gasteiger partial charge in [-0.2, -0.15) is 0 Å². The van der Waals surface area contributed by atoms with Crippen molar-refractivity contribution in [3.05, 3.63) is 60.4 Å². The van der Waals surface area contributed by atoms with Crippen molar-refractivity contribution in [1.29, 1.82) is 0 Å². The Balaban J connectivity index is 0.00000182. The molecule has 0 unspecified atom stereocenters. The Labute approximate surface area is 174 Å². The quantitative estimate of drug-likeness (QED) is 0.794. The molecule has 1 amide bonds. The molecule has 3 rings (SSSR count). The predicted molar refractivity (Wildman–Crippen MR) is 115 cm³/mol. The molecule has 1 N–H and O–H groups in total. The van der Waals surface area contributed by atoms with Gasteiger partial charge in [-0.05, 0) is 43.7 Å². The van der Waals surface area contributed by atoms with Gasteiger partial charge < -0.3 is 15.1 Å². The van der Waals surface area contributed by atoms with Crippen LogP contribution in [0.3, 0.4) is 0 Å². The van der Waals surface area contributed by atoms with Crippen LogP contribution in [0.1, 0.15) is 18.4 Å². The maximum atomic E-state index is 12.8. The van der Waals surface area contributed by atoms with Crippen molar-refractivity contribution < 1.29 is 4.79 Å². The molecule has 1 aliphatic rings. The van der Waals surface area contributed by atoms with E-state index in [9.17, 15) is 4.79 Å². The first-order valence-electron chi connectivity index (χ1n) is 8.90. The fourth-order valence-electron chi connectivity index (χ4n) is 3.27. The molecule has 0 bridgehead atoms. The van der Waals surface area contributed by atoms with Crippen molar-refractivity contribution in [1.82, 2.24) is 15.2 Å². The van der Waals surface area contributed by atoms with Crippen molar-refractivity contribution in [3.63, 3.8) is 0 Å². The Kier molecular flexibility index (Phi) is 10.1. The molecule has 0 radical (unpaired) electrons. The molecule has 7 heteroatoms. The second-order valence-corrected chi connectivity index (χ2v) is 6.50. The molecule has 1 aliphatic heterocycles. The number of piperidine rings is 1. The molecule has 1 aromatic carbocycles. The minimum Gasteiger partial charge on any atom is -0.358 e. The zero-order valence-corrected chi connectivity index (χ0v) is 17.2. The largest absolute Gasteiger partial charge is 0.358 e. The highest BCUT2D eigenvalue weighted by molar-refractivity contribution is 5.85. The lowest BCUT2D eigenvalue weighted by Crippen LogP contribution is -2.47. The normalized spacial score (nSPS) is 14.0. The number of carbonyl (C=O) groups excluding carboxylic acids is 1. The Morgan fingerprint density at radius 2 is 1.85 bits per heavy atom. The van der Waals surface area contributed by atoms with Gasteiger partial charge in [0.25, 0.3) is 0 Å². The number of hydrogen-bond acceptors (Lipinski definition) is 4. The average molecular weight is 411 g/mol. The number of amides is 1. The van der Waals surface area contributed by atoms with E-state index in [2.05, 4.69) is 27.3 Å². The van der Waals surface area contributed by atoms with Crippen molar-refractivity contribution >= 4 is 36.4 Å². The predicted octanol–water partition coefficient (Wildman–Crippen LogP) is 3.14. The second kappa shape index (κ2) is 11.8. The van der Waals surface area contributed by atoms with Crippen LogP contribution in [-0.4, -0.2) is 48.5 Å². The third-order valence-electron chi connectivity index (χ3n) is 4.80. The van der Waals surface area contributed by atoms with Crippen LogP contribution in [0.25, 0.3) is 0 Å². The maximum Gasteiger partial charge on any atom is 0.242 e. The standard InChI is InChI=1S/C20H26N4O.2ClH/c1-21-18-9-12-23(13-10-18)20(25)16-24(19-7-3-2-4-8-19)15-17-6-5-11-22-14-17;;/h2-8,11,14,18,21H,9-10,12-13,15-16H2,1H3;2*1H. The van der Waals surface area contributed by atoms with Crippen LogP contribution in [0.2, 0.25) is 0 Å². The lowest BCUT2D eigenvalue weighted by molar-refractivity contribution is -0.130. The third-order valence-corrected chi connectivity index (χ3v) is 4.80. The van der Waals surface area contributed by atoms with Crippen LogP contribution in [0.15, 0.2) is 54.9 Å². The molecule has 5 nitrogen and oxygen atoms in total. The summed E-state index contributed by atoms with van der Waals surface area (Å²) in [5.41, 5.74) is 2.16. The van der Waals surface area contributed by atoms with Crippen molar-refractivity contribution in [2.75, 3.05) is 31.6 Å². The maximum absolute atomic E-state index is 12.8. The fourth-order valence-corrected chi connectivity index (χ4v) is 3.27. The summed E-state index contributed by atoms with van der Waals surface area (Å²) in [5, 5.41) is 3.31. The molecule has 148 valence electrons. The smallest absolute Gasteiger partial charge is 0.242 e. The first kappa shape index (κ1) is 23.2. The SMILES string of the molecule is CNC1CCN(C(=O)CN(Cc2cccnc2)c2ccccc2)CC1.Cl.Cl. The fraction of sp³-hybridized carbons (Fsp3) is 0.400. The average Bonchev–Trinajstić information content (AvgIpc) is 2.69. The van der Waals surface area contributed by atoms with Crippen molar-refractivity contribution in [2.24, 2.45) is 0 Å². The lowest BCUT2D eigenvalue weighted by Gasteiger charge is -2.34. The lowest BCUT2D eigenvalue weighted by atomic mass is 10.1. The molecule has 27 heavy (non-hydrogen) atoms. The molecule has 2 heterocycles. The summed E-state index contributed by atoms with van der Waals surface area (Å²) in [6, 6.07) is 14.6. The van der Waals surface area contributed by atoms with E-state index < -0.39 is 0 Å². The molecule has 0 saturated carbocycles. The van der Waals surface area contributed by atoms with E-state index in [1.165, 1.54) is 0 Å². The van der Waals surface area contributed by atoms with E-state index in [-0.39, 0.29) is 30.7 Å². The Hall–Kier alpha value is -1.82. The highest BCUT2D eigenvalue weighted by Crippen LogP contribution is 2.18. The van der Waals surface area contributed by atoms with Crippen LogP contribution in [0.5, 0.6) is 0 Å². The van der Waals surface area contributed by atoms with E-state index in [0.29, 0.717) is 19.1 Å². The molecule has 1 aromatic heterocycles. The van der Waals surface area contributed by atoms with Crippen molar-refractivity contribution in [3.8, 4) is 0 Å². The number of hydrogen-bond donors (Lipinski definition) is 1. The van der Waals surface area contributed by atoms with Gasteiger partial charge in [0, 0.05) is 43.8 Å². The summed E-state index contributed by atoms with van der Waals surface area (Å²) in [6.07, 6.45) is 5.68. The summed E-state index contributed by atoms with van der Waals surface area (Å²) in [7, 11) is 1.99. The monoisotopic (exact) mass is 410 g/mol. The molecule has 1 fully saturated rings. The second-order valence-electron chi connectivity index (χ2n) is 6.50. The van der Waals surface area contributed by atoms with Crippen LogP contribution >= 0.6 is 24.8 Å². The van der Waals surface area contributed by atoms with Gasteiger partial charge in [-0.15, -0.1) is 24.8 Å². The minimum absolute atomic E-state index is 0. The number of para-hydroxylation sites is 1. The zero-order chi connectivity index (χ0) is 17.5. The minimum atomic E-state index is 0. The molecule has 0 atom stereocenters. The summed E-state index contributed by atoms with van der Waals surface area (Å²) in [6.45, 7) is 2.74. The van der Waals surface area contributed by atoms with E-state index in [0.717, 1.165) is 37.2 Å². The summed E-state index contributed by atoms with van der Waals surface area (Å²) < 4.78 is 0. The van der Waals surface area contributed by atoms with Crippen LogP contribution < -0.4 is 10.2 Å².